The van der Waals surface area contributed by atoms with Gasteiger partial charge in [0.15, 0.2) is 0 Å². The Balaban J connectivity index is 1.44. The van der Waals surface area contributed by atoms with E-state index in [0.717, 1.165) is 18.4 Å². The van der Waals surface area contributed by atoms with Crippen LogP contribution in [0.2, 0.25) is 0 Å². The summed E-state index contributed by atoms with van der Waals surface area (Å²) in [5.41, 5.74) is 5.67. The lowest BCUT2D eigenvalue weighted by molar-refractivity contribution is 0.0252. The SMILES string of the molecule is NCC1CCC(CN(CC2CC2)CC2CC2)O1. The first kappa shape index (κ1) is 11.9. The van der Waals surface area contributed by atoms with E-state index in [0.29, 0.717) is 18.8 Å². The van der Waals surface area contributed by atoms with Gasteiger partial charge in [-0.2, -0.15) is 0 Å². The molecular weight excluding hydrogens is 212 g/mol. The van der Waals surface area contributed by atoms with E-state index in [9.17, 15) is 0 Å². The lowest BCUT2D eigenvalue weighted by Gasteiger charge is -2.25. The maximum Gasteiger partial charge on any atom is 0.0707 e. The molecule has 1 saturated heterocycles. The minimum Gasteiger partial charge on any atom is -0.372 e. The van der Waals surface area contributed by atoms with E-state index in [2.05, 4.69) is 4.90 Å². The Hall–Kier alpha value is -0.120. The third kappa shape index (κ3) is 3.67. The molecule has 2 aliphatic carbocycles. The van der Waals surface area contributed by atoms with Gasteiger partial charge in [-0.3, -0.25) is 0 Å². The van der Waals surface area contributed by atoms with Crippen LogP contribution in [0.1, 0.15) is 38.5 Å². The van der Waals surface area contributed by atoms with Crippen LogP contribution in [-0.2, 0) is 4.74 Å². The molecule has 17 heavy (non-hydrogen) atoms. The van der Waals surface area contributed by atoms with Crippen molar-refractivity contribution in [2.45, 2.75) is 50.7 Å². The van der Waals surface area contributed by atoms with Crippen LogP contribution in [0.5, 0.6) is 0 Å². The summed E-state index contributed by atoms with van der Waals surface area (Å²) in [7, 11) is 0. The molecule has 3 nitrogen and oxygen atoms in total. The van der Waals surface area contributed by atoms with Gasteiger partial charge >= 0.3 is 0 Å². The van der Waals surface area contributed by atoms with Gasteiger partial charge in [0.05, 0.1) is 12.2 Å². The number of nitrogens with two attached hydrogens (primary N) is 1. The molecule has 3 fully saturated rings. The van der Waals surface area contributed by atoms with Crippen LogP contribution in [0.4, 0.5) is 0 Å². The Kier molecular flexibility index (Phi) is 3.69. The summed E-state index contributed by atoms with van der Waals surface area (Å²) < 4.78 is 5.98. The first-order chi connectivity index (χ1) is 8.33. The highest BCUT2D eigenvalue weighted by atomic mass is 16.5. The van der Waals surface area contributed by atoms with Crippen molar-refractivity contribution in [3.63, 3.8) is 0 Å². The van der Waals surface area contributed by atoms with Gasteiger partial charge in [0, 0.05) is 26.2 Å². The zero-order valence-corrected chi connectivity index (χ0v) is 10.8. The summed E-state index contributed by atoms with van der Waals surface area (Å²) in [4.78, 5) is 2.68. The van der Waals surface area contributed by atoms with Crippen LogP contribution in [-0.4, -0.2) is 43.3 Å². The third-order valence-electron chi connectivity index (χ3n) is 4.35. The van der Waals surface area contributed by atoms with Gasteiger partial charge in [-0.1, -0.05) is 0 Å². The quantitative estimate of drug-likeness (QED) is 0.732. The standard InChI is InChI=1S/C14H26N2O/c15-7-13-5-6-14(17-13)10-16(8-11-1-2-11)9-12-3-4-12/h11-14H,1-10,15H2. The molecule has 0 spiro atoms. The first-order valence-electron chi connectivity index (χ1n) is 7.41. The Morgan fingerprint density at radius 2 is 1.41 bits per heavy atom. The maximum atomic E-state index is 5.98. The summed E-state index contributed by atoms with van der Waals surface area (Å²) in [6.45, 7) is 4.50. The average molecular weight is 238 g/mol. The summed E-state index contributed by atoms with van der Waals surface area (Å²) in [6, 6.07) is 0. The molecule has 3 heteroatoms. The highest BCUT2D eigenvalue weighted by molar-refractivity contribution is 4.85. The number of rotatable bonds is 7. The second-order valence-corrected chi connectivity index (χ2v) is 6.30. The molecule has 3 aliphatic rings. The van der Waals surface area contributed by atoms with Gasteiger partial charge in [0.2, 0.25) is 0 Å². The predicted octanol–water partition coefficient (Wildman–Crippen LogP) is 1.61. The Morgan fingerprint density at radius 3 is 1.88 bits per heavy atom. The Labute approximate surface area is 105 Å². The summed E-state index contributed by atoms with van der Waals surface area (Å²) >= 11 is 0. The molecule has 0 radical (unpaired) electrons. The fourth-order valence-electron chi connectivity index (χ4n) is 2.93. The van der Waals surface area contributed by atoms with E-state index < -0.39 is 0 Å². The normalized spacial score (nSPS) is 33.5. The van der Waals surface area contributed by atoms with Crippen LogP contribution >= 0.6 is 0 Å². The molecule has 2 atom stereocenters. The fourth-order valence-corrected chi connectivity index (χ4v) is 2.93. The van der Waals surface area contributed by atoms with E-state index in [1.54, 1.807) is 0 Å². The van der Waals surface area contributed by atoms with Crippen LogP contribution in [0.25, 0.3) is 0 Å². The average Bonchev–Trinajstić information content (AvgIpc) is 3.22. The van der Waals surface area contributed by atoms with Crippen molar-refractivity contribution in [3.05, 3.63) is 0 Å². The molecule has 2 unspecified atom stereocenters. The molecule has 0 aromatic carbocycles. The van der Waals surface area contributed by atoms with Crippen LogP contribution < -0.4 is 5.73 Å². The van der Waals surface area contributed by atoms with Crippen LogP contribution in [0.3, 0.4) is 0 Å². The minimum absolute atomic E-state index is 0.337. The molecule has 3 rings (SSSR count). The van der Waals surface area contributed by atoms with Crippen molar-refractivity contribution >= 4 is 0 Å². The lowest BCUT2D eigenvalue weighted by atomic mass is 10.2. The molecule has 98 valence electrons. The van der Waals surface area contributed by atoms with Crippen molar-refractivity contribution in [2.24, 2.45) is 17.6 Å². The van der Waals surface area contributed by atoms with E-state index in [-0.39, 0.29) is 0 Å². The van der Waals surface area contributed by atoms with E-state index in [1.807, 2.05) is 0 Å². The van der Waals surface area contributed by atoms with Crippen LogP contribution in [0, 0.1) is 11.8 Å². The zero-order chi connectivity index (χ0) is 11.7. The van der Waals surface area contributed by atoms with Crippen molar-refractivity contribution in [1.82, 2.24) is 4.90 Å². The molecular formula is C14H26N2O. The predicted molar refractivity (Wildman–Crippen MR) is 68.8 cm³/mol. The molecule has 2 N–H and O–H groups in total. The number of hydrogen-bond donors (Lipinski definition) is 1. The fraction of sp³-hybridized carbons (Fsp3) is 1.00. The van der Waals surface area contributed by atoms with Crippen molar-refractivity contribution < 1.29 is 4.74 Å². The molecule has 1 heterocycles. The number of ether oxygens (including phenoxy) is 1. The minimum atomic E-state index is 0.337. The molecule has 2 saturated carbocycles. The topological polar surface area (TPSA) is 38.5 Å². The van der Waals surface area contributed by atoms with Gasteiger partial charge in [0.1, 0.15) is 0 Å². The molecule has 0 aromatic rings. The summed E-state index contributed by atoms with van der Waals surface area (Å²) in [5, 5.41) is 0. The van der Waals surface area contributed by atoms with Gasteiger partial charge in [-0.25, -0.2) is 0 Å². The Morgan fingerprint density at radius 1 is 0.824 bits per heavy atom. The second kappa shape index (κ2) is 5.25. The van der Waals surface area contributed by atoms with Gasteiger partial charge in [-0.15, -0.1) is 0 Å². The molecule has 1 aliphatic heterocycles. The van der Waals surface area contributed by atoms with E-state index >= 15 is 0 Å². The van der Waals surface area contributed by atoms with Crippen molar-refractivity contribution in [3.8, 4) is 0 Å². The van der Waals surface area contributed by atoms with Crippen molar-refractivity contribution in [1.29, 1.82) is 0 Å². The smallest absolute Gasteiger partial charge is 0.0707 e. The first-order valence-corrected chi connectivity index (χ1v) is 7.41. The van der Waals surface area contributed by atoms with Gasteiger partial charge in [0.25, 0.3) is 0 Å². The van der Waals surface area contributed by atoms with Gasteiger partial charge in [-0.05, 0) is 50.4 Å². The molecule has 0 amide bonds. The monoisotopic (exact) mass is 238 g/mol. The summed E-state index contributed by atoms with van der Waals surface area (Å²) in [5.74, 6) is 2.00. The molecule has 0 bridgehead atoms. The lowest BCUT2D eigenvalue weighted by Crippen LogP contribution is -2.36. The maximum absolute atomic E-state index is 5.98. The highest BCUT2D eigenvalue weighted by Crippen LogP contribution is 2.34. The van der Waals surface area contributed by atoms with E-state index in [4.69, 9.17) is 10.5 Å². The third-order valence-corrected chi connectivity index (χ3v) is 4.35. The largest absolute Gasteiger partial charge is 0.372 e. The zero-order valence-electron chi connectivity index (χ0n) is 10.8. The van der Waals surface area contributed by atoms with Gasteiger partial charge < -0.3 is 15.4 Å². The highest BCUT2D eigenvalue weighted by Gasteiger charge is 2.32. The summed E-state index contributed by atoms with van der Waals surface area (Å²) in [6.07, 6.45) is 9.01. The number of hydrogen-bond acceptors (Lipinski definition) is 3. The molecule has 0 aromatic heterocycles. The number of nitrogens with zero attached hydrogens (tertiary/aromatic N) is 1. The van der Waals surface area contributed by atoms with E-state index in [1.165, 1.54) is 51.6 Å². The van der Waals surface area contributed by atoms with Crippen molar-refractivity contribution in [2.75, 3.05) is 26.2 Å². The second-order valence-electron chi connectivity index (χ2n) is 6.30. The Bertz CT molecular complexity index is 237. The van der Waals surface area contributed by atoms with Crippen LogP contribution in [0.15, 0.2) is 0 Å².